The van der Waals surface area contributed by atoms with E-state index in [9.17, 15) is 0 Å². The van der Waals surface area contributed by atoms with Gasteiger partial charge in [-0.05, 0) is 25.1 Å². The van der Waals surface area contributed by atoms with Gasteiger partial charge in [0.05, 0.1) is 6.54 Å². The first-order valence-electron chi connectivity index (χ1n) is 5.18. The molecule has 0 radical (unpaired) electrons. The maximum Gasteiger partial charge on any atom is 0.245 e. The first kappa shape index (κ1) is 13.0. The molecule has 1 aromatic heterocycles. The first-order chi connectivity index (χ1) is 8.56. The molecular formula is C11H11BrN4OS. The van der Waals surface area contributed by atoms with Gasteiger partial charge in [-0.1, -0.05) is 33.3 Å². The normalized spacial score (nSPS) is 10.3. The third-order valence-electron chi connectivity index (χ3n) is 2.25. The van der Waals surface area contributed by atoms with Gasteiger partial charge in [-0.3, -0.25) is 0 Å². The van der Waals surface area contributed by atoms with Crippen LogP contribution in [0.3, 0.4) is 0 Å². The highest BCUT2D eigenvalue weighted by Crippen LogP contribution is 2.22. The number of benzene rings is 1. The zero-order valence-corrected chi connectivity index (χ0v) is 12.0. The molecule has 3 N–H and O–H groups in total. The lowest BCUT2D eigenvalue weighted by molar-refractivity contribution is 0.379. The van der Waals surface area contributed by atoms with Crippen LogP contribution in [0, 0.1) is 6.92 Å². The monoisotopic (exact) mass is 326 g/mol. The maximum atomic E-state index is 5.66. The number of hydrogen-bond acceptors (Lipinski definition) is 5. The minimum absolute atomic E-state index is 0.340. The molecular weight excluding hydrogens is 316 g/mol. The molecule has 1 aromatic carbocycles. The zero-order chi connectivity index (χ0) is 13.1. The fraction of sp³-hybridized carbons (Fsp3) is 0.182. The molecule has 2 rings (SSSR count). The summed E-state index contributed by atoms with van der Waals surface area (Å²) in [5, 5.41) is 6.89. The highest BCUT2D eigenvalue weighted by Gasteiger charge is 2.08. The summed E-state index contributed by atoms with van der Waals surface area (Å²) in [5.41, 5.74) is 7.27. The van der Waals surface area contributed by atoms with E-state index in [2.05, 4.69) is 31.4 Å². The van der Waals surface area contributed by atoms with Crippen LogP contribution in [0.5, 0.6) is 0 Å². The van der Waals surface area contributed by atoms with Gasteiger partial charge in [-0.15, -0.1) is 0 Å². The Kier molecular flexibility index (Phi) is 3.93. The van der Waals surface area contributed by atoms with Crippen molar-refractivity contribution in [3.8, 4) is 0 Å². The van der Waals surface area contributed by atoms with E-state index >= 15 is 0 Å². The molecule has 0 saturated carbocycles. The van der Waals surface area contributed by atoms with Gasteiger partial charge in [0.15, 0.2) is 5.82 Å². The molecule has 0 aliphatic heterocycles. The molecule has 1 heterocycles. The number of thiocarbonyl (C=S) groups is 1. The Bertz CT molecular complexity index is 584. The van der Waals surface area contributed by atoms with Crippen molar-refractivity contribution in [1.29, 1.82) is 0 Å². The second-order valence-corrected chi connectivity index (χ2v) is 5.00. The second kappa shape index (κ2) is 5.45. The van der Waals surface area contributed by atoms with Crippen LogP contribution in [0.25, 0.3) is 0 Å². The van der Waals surface area contributed by atoms with Crippen molar-refractivity contribution in [3.63, 3.8) is 0 Å². The Morgan fingerprint density at radius 1 is 1.56 bits per heavy atom. The Morgan fingerprint density at radius 3 is 2.94 bits per heavy atom. The Labute approximate surface area is 118 Å². The summed E-state index contributed by atoms with van der Waals surface area (Å²) in [5.74, 6) is 1.12. The summed E-state index contributed by atoms with van der Waals surface area (Å²) >= 11 is 8.40. The molecule has 94 valence electrons. The number of hydrogen-bond donors (Lipinski definition) is 2. The lowest BCUT2D eigenvalue weighted by Crippen LogP contribution is -2.13. The van der Waals surface area contributed by atoms with Crippen LogP contribution in [-0.2, 0) is 6.54 Å². The summed E-state index contributed by atoms with van der Waals surface area (Å²) in [6, 6.07) is 5.64. The average Bonchev–Trinajstić information content (AvgIpc) is 2.72. The van der Waals surface area contributed by atoms with Gasteiger partial charge in [0, 0.05) is 15.7 Å². The van der Waals surface area contributed by atoms with Crippen LogP contribution in [-0.4, -0.2) is 15.1 Å². The predicted octanol–water partition coefficient (Wildman–Crippen LogP) is 2.39. The van der Waals surface area contributed by atoms with E-state index in [0.717, 1.165) is 15.7 Å². The van der Waals surface area contributed by atoms with Crippen molar-refractivity contribution >= 4 is 38.8 Å². The summed E-state index contributed by atoms with van der Waals surface area (Å²) in [6.07, 6.45) is 0. The summed E-state index contributed by atoms with van der Waals surface area (Å²) in [7, 11) is 0. The highest BCUT2D eigenvalue weighted by molar-refractivity contribution is 9.10. The summed E-state index contributed by atoms with van der Waals surface area (Å²) < 4.78 is 5.95. The first-order valence-corrected chi connectivity index (χ1v) is 6.39. The number of aromatic nitrogens is 2. The zero-order valence-electron chi connectivity index (χ0n) is 9.61. The quantitative estimate of drug-likeness (QED) is 0.840. The Balaban J connectivity index is 2.17. The van der Waals surface area contributed by atoms with Crippen molar-refractivity contribution in [2.45, 2.75) is 13.5 Å². The molecule has 0 aliphatic carbocycles. The molecule has 5 nitrogen and oxygen atoms in total. The molecule has 0 unspecified atom stereocenters. The van der Waals surface area contributed by atoms with E-state index in [-0.39, 0.29) is 0 Å². The van der Waals surface area contributed by atoms with Crippen LogP contribution < -0.4 is 11.1 Å². The smallest absolute Gasteiger partial charge is 0.245 e. The molecule has 0 amide bonds. The van der Waals surface area contributed by atoms with Crippen LogP contribution in [0.1, 0.15) is 17.3 Å². The fourth-order valence-corrected chi connectivity index (χ4v) is 2.00. The molecule has 18 heavy (non-hydrogen) atoms. The van der Waals surface area contributed by atoms with E-state index in [1.165, 1.54) is 0 Å². The molecule has 0 fully saturated rings. The molecule has 0 aliphatic rings. The van der Waals surface area contributed by atoms with Crippen LogP contribution in [0.2, 0.25) is 0 Å². The third-order valence-corrected chi connectivity index (χ3v) is 2.96. The van der Waals surface area contributed by atoms with Gasteiger partial charge in [-0.2, -0.15) is 4.98 Å². The van der Waals surface area contributed by atoms with E-state index < -0.39 is 0 Å². The highest BCUT2D eigenvalue weighted by atomic mass is 79.9. The van der Waals surface area contributed by atoms with Gasteiger partial charge in [0.25, 0.3) is 0 Å². The number of aryl methyl sites for hydroxylation is 1. The van der Waals surface area contributed by atoms with E-state index in [4.69, 9.17) is 22.5 Å². The lowest BCUT2D eigenvalue weighted by atomic mass is 10.2. The standard InChI is InChI=1S/C11H11BrN4OS/c1-6-15-10(17-16-6)5-14-9-4-7(12)2-3-8(9)11(13)18/h2-4,14H,5H2,1H3,(H2,13,18). The van der Waals surface area contributed by atoms with Crippen LogP contribution >= 0.6 is 28.1 Å². The molecule has 0 saturated heterocycles. The number of anilines is 1. The van der Waals surface area contributed by atoms with Crippen molar-refractivity contribution in [2.24, 2.45) is 5.73 Å². The van der Waals surface area contributed by atoms with Crippen molar-refractivity contribution < 1.29 is 4.52 Å². The molecule has 0 spiro atoms. The number of nitrogens with zero attached hydrogens (tertiary/aromatic N) is 2. The average molecular weight is 327 g/mol. The molecule has 0 atom stereocenters. The maximum absolute atomic E-state index is 5.66. The van der Waals surface area contributed by atoms with Crippen molar-refractivity contribution in [1.82, 2.24) is 10.1 Å². The number of halogens is 1. The molecule has 7 heteroatoms. The summed E-state index contributed by atoms with van der Waals surface area (Å²) in [4.78, 5) is 4.45. The van der Waals surface area contributed by atoms with Crippen LogP contribution in [0.15, 0.2) is 27.2 Å². The Hall–Kier alpha value is -1.47. The number of nitrogens with two attached hydrogens (primary N) is 1. The van der Waals surface area contributed by atoms with E-state index in [1.54, 1.807) is 6.92 Å². The SMILES string of the molecule is Cc1noc(CNc2cc(Br)ccc2C(N)=S)n1. The van der Waals surface area contributed by atoms with E-state index in [0.29, 0.717) is 23.2 Å². The fourth-order valence-electron chi connectivity index (χ4n) is 1.46. The lowest BCUT2D eigenvalue weighted by Gasteiger charge is -2.10. The Morgan fingerprint density at radius 2 is 2.33 bits per heavy atom. The van der Waals surface area contributed by atoms with E-state index in [1.807, 2.05) is 18.2 Å². The minimum atomic E-state index is 0.340. The second-order valence-electron chi connectivity index (χ2n) is 3.64. The van der Waals surface area contributed by atoms with Gasteiger partial charge in [0.1, 0.15) is 4.99 Å². The van der Waals surface area contributed by atoms with Crippen molar-refractivity contribution in [3.05, 3.63) is 40.0 Å². The molecule has 0 bridgehead atoms. The number of rotatable bonds is 4. The third kappa shape index (κ3) is 3.05. The topological polar surface area (TPSA) is 77.0 Å². The predicted molar refractivity (Wildman–Crippen MR) is 76.4 cm³/mol. The van der Waals surface area contributed by atoms with Crippen LogP contribution in [0.4, 0.5) is 5.69 Å². The number of nitrogens with one attached hydrogen (secondary N) is 1. The minimum Gasteiger partial charge on any atom is -0.389 e. The van der Waals surface area contributed by atoms with Gasteiger partial charge in [-0.25, -0.2) is 0 Å². The van der Waals surface area contributed by atoms with Gasteiger partial charge < -0.3 is 15.6 Å². The van der Waals surface area contributed by atoms with Crippen molar-refractivity contribution in [2.75, 3.05) is 5.32 Å². The van der Waals surface area contributed by atoms with Gasteiger partial charge in [0.2, 0.25) is 5.89 Å². The largest absolute Gasteiger partial charge is 0.389 e. The molecule has 2 aromatic rings. The summed E-state index contributed by atoms with van der Waals surface area (Å²) in [6.45, 7) is 2.19. The van der Waals surface area contributed by atoms with Gasteiger partial charge >= 0.3 is 0 Å².